The van der Waals surface area contributed by atoms with Crippen molar-refractivity contribution >= 4 is 0 Å². The fraction of sp³-hybridized carbons (Fsp3) is 1.00. The van der Waals surface area contributed by atoms with Crippen LogP contribution >= 0.6 is 0 Å². The highest BCUT2D eigenvalue weighted by Crippen LogP contribution is 2.26. The summed E-state index contributed by atoms with van der Waals surface area (Å²) in [6, 6.07) is 0. The van der Waals surface area contributed by atoms with Gasteiger partial charge in [0.05, 0.1) is 12.7 Å². The molecular formula is C10H22O2. The average Bonchev–Trinajstić information content (AvgIpc) is 1.83. The van der Waals surface area contributed by atoms with E-state index >= 15 is 0 Å². The van der Waals surface area contributed by atoms with Crippen LogP contribution in [0.1, 0.15) is 34.1 Å². The van der Waals surface area contributed by atoms with E-state index in [9.17, 15) is 5.11 Å². The normalized spacial score (nSPS) is 17.5. The van der Waals surface area contributed by atoms with Crippen LogP contribution in [0.5, 0.6) is 0 Å². The molecule has 74 valence electrons. The zero-order valence-electron chi connectivity index (χ0n) is 8.92. The highest BCUT2D eigenvalue weighted by Gasteiger charge is 2.22. The second-order valence-electron chi connectivity index (χ2n) is 4.72. The minimum absolute atomic E-state index is 0.259. The predicted octanol–water partition coefficient (Wildman–Crippen LogP) is 2.07. The molecule has 0 amide bonds. The predicted molar refractivity (Wildman–Crippen MR) is 51.1 cm³/mol. The molecule has 0 aromatic carbocycles. The second kappa shape index (κ2) is 4.83. The third-order valence-corrected chi connectivity index (χ3v) is 1.94. The van der Waals surface area contributed by atoms with Gasteiger partial charge in [-0.3, -0.25) is 0 Å². The molecule has 12 heavy (non-hydrogen) atoms. The van der Waals surface area contributed by atoms with Gasteiger partial charge in [-0.25, -0.2) is 0 Å². The van der Waals surface area contributed by atoms with E-state index in [0.717, 1.165) is 6.42 Å². The van der Waals surface area contributed by atoms with Crippen LogP contribution in [-0.4, -0.2) is 24.9 Å². The minimum atomic E-state index is -0.274. The van der Waals surface area contributed by atoms with Gasteiger partial charge in [0.15, 0.2) is 0 Å². The van der Waals surface area contributed by atoms with Crippen molar-refractivity contribution in [3.8, 4) is 0 Å². The van der Waals surface area contributed by atoms with Gasteiger partial charge >= 0.3 is 0 Å². The first-order chi connectivity index (χ1) is 5.37. The first kappa shape index (κ1) is 11.9. The van der Waals surface area contributed by atoms with Crippen molar-refractivity contribution in [1.82, 2.24) is 0 Å². The van der Waals surface area contributed by atoms with Crippen molar-refractivity contribution < 1.29 is 9.84 Å². The summed E-state index contributed by atoms with van der Waals surface area (Å²) in [5.74, 6) is 0.259. The van der Waals surface area contributed by atoms with E-state index in [1.165, 1.54) is 0 Å². The van der Waals surface area contributed by atoms with Crippen LogP contribution < -0.4 is 0 Å². The fourth-order valence-electron chi connectivity index (χ4n) is 1.37. The van der Waals surface area contributed by atoms with Gasteiger partial charge < -0.3 is 9.84 Å². The molecule has 0 rings (SSSR count). The molecule has 2 nitrogen and oxygen atoms in total. The first-order valence-electron chi connectivity index (χ1n) is 4.54. The van der Waals surface area contributed by atoms with Gasteiger partial charge in [-0.05, 0) is 18.8 Å². The van der Waals surface area contributed by atoms with Gasteiger partial charge in [0.2, 0.25) is 0 Å². The molecule has 2 unspecified atom stereocenters. The Labute approximate surface area is 75.9 Å². The number of methoxy groups -OCH3 is 1. The lowest BCUT2D eigenvalue weighted by Gasteiger charge is -2.27. The van der Waals surface area contributed by atoms with Gasteiger partial charge in [0.1, 0.15) is 0 Å². The van der Waals surface area contributed by atoms with E-state index in [1.807, 2.05) is 6.92 Å². The van der Waals surface area contributed by atoms with E-state index in [4.69, 9.17) is 4.74 Å². The second-order valence-corrected chi connectivity index (χ2v) is 4.72. The van der Waals surface area contributed by atoms with Gasteiger partial charge in [0, 0.05) is 13.0 Å². The van der Waals surface area contributed by atoms with Crippen molar-refractivity contribution in [3.05, 3.63) is 0 Å². The summed E-state index contributed by atoms with van der Waals surface area (Å²) >= 11 is 0. The summed E-state index contributed by atoms with van der Waals surface area (Å²) < 4.78 is 5.05. The van der Waals surface area contributed by atoms with E-state index in [2.05, 4.69) is 20.8 Å². The summed E-state index contributed by atoms with van der Waals surface area (Å²) in [7, 11) is 1.68. The lowest BCUT2D eigenvalue weighted by atomic mass is 9.83. The molecule has 0 spiro atoms. The fourth-order valence-corrected chi connectivity index (χ4v) is 1.37. The molecule has 0 aliphatic heterocycles. The molecule has 0 aromatic rings. The molecule has 0 heterocycles. The summed E-state index contributed by atoms with van der Waals surface area (Å²) in [5.41, 5.74) is 0.264. The highest BCUT2D eigenvalue weighted by atomic mass is 16.5. The Morgan fingerprint density at radius 2 is 1.83 bits per heavy atom. The van der Waals surface area contributed by atoms with Gasteiger partial charge in [0.25, 0.3) is 0 Å². The van der Waals surface area contributed by atoms with Crippen molar-refractivity contribution in [2.45, 2.75) is 40.2 Å². The number of hydrogen-bond donors (Lipinski definition) is 1. The minimum Gasteiger partial charge on any atom is -0.393 e. The maximum Gasteiger partial charge on any atom is 0.0562 e. The molecule has 1 N–H and O–H groups in total. The Kier molecular flexibility index (Phi) is 4.80. The number of aliphatic hydroxyl groups is 1. The third kappa shape index (κ3) is 5.56. The van der Waals surface area contributed by atoms with E-state index in [1.54, 1.807) is 7.11 Å². The van der Waals surface area contributed by atoms with Crippen LogP contribution in [0.2, 0.25) is 0 Å². The average molecular weight is 174 g/mol. The van der Waals surface area contributed by atoms with Crippen LogP contribution in [0, 0.1) is 11.3 Å². The lowest BCUT2D eigenvalue weighted by Crippen LogP contribution is -2.26. The summed E-state index contributed by atoms with van der Waals surface area (Å²) in [5, 5.41) is 9.43. The van der Waals surface area contributed by atoms with Gasteiger partial charge in [-0.1, -0.05) is 20.8 Å². The monoisotopic (exact) mass is 174 g/mol. The third-order valence-electron chi connectivity index (χ3n) is 1.94. The van der Waals surface area contributed by atoms with Crippen LogP contribution in [0.3, 0.4) is 0 Å². The molecular weight excluding hydrogens is 152 g/mol. The largest absolute Gasteiger partial charge is 0.393 e. The SMILES string of the molecule is COCC(CC(C)(C)C)C(C)O. The number of rotatable bonds is 4. The molecule has 2 atom stereocenters. The standard InChI is InChI=1S/C10H22O2/c1-8(11)9(7-12-5)6-10(2,3)4/h8-9,11H,6-7H2,1-5H3. The number of hydrogen-bond acceptors (Lipinski definition) is 2. The quantitative estimate of drug-likeness (QED) is 0.707. The van der Waals surface area contributed by atoms with Gasteiger partial charge in [-0.15, -0.1) is 0 Å². The van der Waals surface area contributed by atoms with Crippen LogP contribution in [0.15, 0.2) is 0 Å². The Morgan fingerprint density at radius 1 is 1.33 bits per heavy atom. The van der Waals surface area contributed by atoms with Crippen molar-refractivity contribution in [2.24, 2.45) is 11.3 Å². The molecule has 0 fully saturated rings. The molecule has 0 saturated heterocycles. The summed E-state index contributed by atoms with van der Waals surface area (Å²) in [4.78, 5) is 0. The Bertz CT molecular complexity index is 113. The summed E-state index contributed by atoms with van der Waals surface area (Å²) in [6.45, 7) is 9.01. The molecule has 0 aliphatic rings. The highest BCUT2D eigenvalue weighted by molar-refractivity contribution is 4.72. The van der Waals surface area contributed by atoms with Crippen molar-refractivity contribution in [1.29, 1.82) is 0 Å². The first-order valence-corrected chi connectivity index (χ1v) is 4.54. The maximum atomic E-state index is 9.43. The van der Waals surface area contributed by atoms with Crippen molar-refractivity contribution in [3.63, 3.8) is 0 Å². The molecule has 0 aromatic heterocycles. The molecule has 0 bridgehead atoms. The van der Waals surface area contributed by atoms with E-state index in [-0.39, 0.29) is 17.4 Å². The zero-order chi connectivity index (χ0) is 9.78. The van der Waals surface area contributed by atoms with Crippen LogP contribution in [0.4, 0.5) is 0 Å². The van der Waals surface area contributed by atoms with Gasteiger partial charge in [-0.2, -0.15) is 0 Å². The van der Waals surface area contributed by atoms with E-state index in [0.29, 0.717) is 6.61 Å². The molecule has 0 saturated carbocycles. The molecule has 0 radical (unpaired) electrons. The number of aliphatic hydroxyl groups excluding tert-OH is 1. The Hall–Kier alpha value is -0.0800. The Balaban J connectivity index is 3.95. The van der Waals surface area contributed by atoms with Crippen LogP contribution in [0.25, 0.3) is 0 Å². The zero-order valence-corrected chi connectivity index (χ0v) is 8.92. The molecule has 2 heteroatoms. The number of ether oxygens (including phenoxy) is 1. The van der Waals surface area contributed by atoms with E-state index < -0.39 is 0 Å². The molecule has 0 aliphatic carbocycles. The lowest BCUT2D eigenvalue weighted by molar-refractivity contribution is 0.0368. The Morgan fingerprint density at radius 3 is 2.08 bits per heavy atom. The summed E-state index contributed by atoms with van der Waals surface area (Å²) in [6.07, 6.45) is 0.725. The van der Waals surface area contributed by atoms with Crippen molar-refractivity contribution in [2.75, 3.05) is 13.7 Å². The topological polar surface area (TPSA) is 29.5 Å². The van der Waals surface area contributed by atoms with Crippen LogP contribution in [-0.2, 0) is 4.74 Å². The smallest absolute Gasteiger partial charge is 0.0562 e. The maximum absolute atomic E-state index is 9.43.